The number of H-pyrrole nitrogens is 1. The lowest BCUT2D eigenvalue weighted by atomic mass is 10.2. The van der Waals surface area contributed by atoms with E-state index in [9.17, 15) is 26.4 Å². The number of primary amides is 1. The first-order chi connectivity index (χ1) is 11.6. The molecule has 130 valence electrons. The number of benzene rings is 2. The van der Waals surface area contributed by atoms with Crippen LogP contribution in [-0.2, 0) is 16.0 Å². The number of para-hydroxylation sites is 1. The SMILES string of the molecule is NC(=O)c1c(S(=O)(=O)c2cccc(C(F)(F)F)c2)[nH]c2ccccc12. The van der Waals surface area contributed by atoms with Crippen molar-refractivity contribution in [2.24, 2.45) is 5.73 Å². The number of sulfone groups is 1. The maximum absolute atomic E-state index is 12.9. The van der Waals surface area contributed by atoms with Gasteiger partial charge in [-0.05, 0) is 24.3 Å². The molecule has 0 radical (unpaired) electrons. The first kappa shape index (κ1) is 17.0. The van der Waals surface area contributed by atoms with E-state index in [2.05, 4.69) is 4.98 Å². The molecule has 0 saturated heterocycles. The summed E-state index contributed by atoms with van der Waals surface area (Å²) in [6.45, 7) is 0. The van der Waals surface area contributed by atoms with Crippen LogP contribution < -0.4 is 5.73 Å². The van der Waals surface area contributed by atoms with E-state index in [1.807, 2.05) is 0 Å². The van der Waals surface area contributed by atoms with E-state index in [4.69, 9.17) is 5.73 Å². The third kappa shape index (κ3) is 2.86. The van der Waals surface area contributed by atoms with E-state index in [1.165, 1.54) is 12.1 Å². The molecule has 0 aliphatic carbocycles. The molecular formula is C16H11F3N2O3S. The number of alkyl halides is 3. The van der Waals surface area contributed by atoms with Crippen LogP contribution in [0, 0.1) is 0 Å². The Labute approximate surface area is 140 Å². The molecule has 3 aromatic rings. The number of nitrogens with one attached hydrogen (secondary N) is 1. The lowest BCUT2D eigenvalue weighted by molar-refractivity contribution is -0.137. The van der Waals surface area contributed by atoms with Crippen LogP contribution in [-0.4, -0.2) is 19.3 Å². The minimum Gasteiger partial charge on any atom is -0.365 e. The van der Waals surface area contributed by atoms with Gasteiger partial charge in [0.25, 0.3) is 5.91 Å². The molecule has 0 atom stereocenters. The van der Waals surface area contributed by atoms with Crippen molar-refractivity contribution in [2.45, 2.75) is 16.1 Å². The van der Waals surface area contributed by atoms with Crippen LogP contribution in [0.4, 0.5) is 13.2 Å². The third-order valence-electron chi connectivity index (χ3n) is 3.66. The molecule has 0 spiro atoms. The zero-order chi connectivity index (χ0) is 18.4. The van der Waals surface area contributed by atoms with Crippen LogP contribution in [0.15, 0.2) is 58.5 Å². The number of carbonyl (C=O) groups excluding carboxylic acids is 1. The molecule has 0 bridgehead atoms. The van der Waals surface area contributed by atoms with Crippen molar-refractivity contribution >= 4 is 26.6 Å². The summed E-state index contributed by atoms with van der Waals surface area (Å²) in [6.07, 6.45) is -4.70. The second kappa shape index (κ2) is 5.62. The Bertz CT molecular complexity index is 1090. The molecular weight excluding hydrogens is 357 g/mol. The van der Waals surface area contributed by atoms with Crippen molar-refractivity contribution < 1.29 is 26.4 Å². The normalized spacial score (nSPS) is 12.4. The quantitative estimate of drug-likeness (QED) is 0.744. The van der Waals surface area contributed by atoms with Crippen molar-refractivity contribution in [3.05, 3.63) is 59.7 Å². The van der Waals surface area contributed by atoms with Gasteiger partial charge in [-0.3, -0.25) is 4.79 Å². The highest BCUT2D eigenvalue weighted by atomic mass is 32.2. The highest BCUT2D eigenvalue weighted by Crippen LogP contribution is 2.34. The fourth-order valence-electron chi connectivity index (χ4n) is 2.52. The van der Waals surface area contributed by atoms with E-state index in [1.54, 1.807) is 12.1 Å². The number of aromatic amines is 1. The van der Waals surface area contributed by atoms with E-state index in [0.29, 0.717) is 11.6 Å². The smallest absolute Gasteiger partial charge is 0.365 e. The Kier molecular flexibility index (Phi) is 3.83. The number of hydrogen-bond donors (Lipinski definition) is 2. The summed E-state index contributed by atoms with van der Waals surface area (Å²) in [5, 5.41) is -0.249. The number of amides is 1. The van der Waals surface area contributed by atoms with Gasteiger partial charge in [0.15, 0.2) is 5.03 Å². The highest BCUT2D eigenvalue weighted by molar-refractivity contribution is 7.91. The minimum absolute atomic E-state index is 0.278. The first-order valence-electron chi connectivity index (χ1n) is 6.95. The predicted molar refractivity (Wildman–Crippen MR) is 83.7 cm³/mol. The second-order valence-corrected chi connectivity index (χ2v) is 7.15. The number of nitrogens with two attached hydrogens (primary N) is 1. The molecule has 0 unspecified atom stereocenters. The topological polar surface area (TPSA) is 93.0 Å². The maximum Gasteiger partial charge on any atom is 0.416 e. The zero-order valence-corrected chi connectivity index (χ0v) is 13.3. The van der Waals surface area contributed by atoms with Crippen LogP contribution in [0.5, 0.6) is 0 Å². The van der Waals surface area contributed by atoms with Crippen molar-refractivity contribution in [1.82, 2.24) is 4.98 Å². The molecule has 1 aromatic heterocycles. The average Bonchev–Trinajstić information content (AvgIpc) is 2.94. The summed E-state index contributed by atoms with van der Waals surface area (Å²) in [5.41, 5.74) is 4.24. The largest absolute Gasteiger partial charge is 0.416 e. The highest BCUT2D eigenvalue weighted by Gasteiger charge is 2.33. The standard InChI is InChI=1S/C16H11F3N2O3S/c17-16(18,19)9-4-3-5-10(8-9)25(23,24)15-13(14(20)22)11-6-1-2-7-12(11)21-15/h1-8,21H,(H2,20,22). The number of rotatable bonds is 3. The number of hydrogen-bond acceptors (Lipinski definition) is 3. The van der Waals surface area contributed by atoms with Gasteiger partial charge in [0.1, 0.15) is 0 Å². The van der Waals surface area contributed by atoms with Gasteiger partial charge in [-0.15, -0.1) is 0 Å². The molecule has 5 nitrogen and oxygen atoms in total. The molecule has 0 aliphatic heterocycles. The molecule has 1 amide bonds. The molecule has 3 N–H and O–H groups in total. The number of aromatic nitrogens is 1. The third-order valence-corrected chi connectivity index (χ3v) is 5.38. The lowest BCUT2D eigenvalue weighted by Gasteiger charge is -2.09. The number of carbonyl (C=O) groups is 1. The van der Waals surface area contributed by atoms with Gasteiger partial charge in [-0.25, -0.2) is 8.42 Å². The molecule has 2 aromatic carbocycles. The Morgan fingerprint density at radius 1 is 1.04 bits per heavy atom. The fourth-order valence-corrected chi connectivity index (χ4v) is 4.02. The summed E-state index contributed by atoms with van der Waals surface area (Å²) in [4.78, 5) is 13.7. The number of fused-ring (bicyclic) bond motifs is 1. The Morgan fingerprint density at radius 2 is 1.72 bits per heavy atom. The van der Waals surface area contributed by atoms with Crippen molar-refractivity contribution in [3.8, 4) is 0 Å². The molecule has 3 rings (SSSR count). The average molecular weight is 368 g/mol. The van der Waals surface area contributed by atoms with Gasteiger partial charge in [0.05, 0.1) is 16.0 Å². The summed E-state index contributed by atoms with van der Waals surface area (Å²) in [7, 11) is -4.42. The molecule has 0 saturated carbocycles. The van der Waals surface area contributed by atoms with Crippen molar-refractivity contribution in [2.75, 3.05) is 0 Å². The first-order valence-corrected chi connectivity index (χ1v) is 8.43. The minimum atomic E-state index is -4.70. The van der Waals surface area contributed by atoms with Crippen LogP contribution in [0.3, 0.4) is 0 Å². The van der Waals surface area contributed by atoms with E-state index >= 15 is 0 Å². The van der Waals surface area contributed by atoms with Crippen molar-refractivity contribution in [3.63, 3.8) is 0 Å². The van der Waals surface area contributed by atoms with Gasteiger partial charge in [0, 0.05) is 10.9 Å². The molecule has 1 heterocycles. The van der Waals surface area contributed by atoms with Crippen molar-refractivity contribution in [1.29, 1.82) is 0 Å². The fraction of sp³-hybridized carbons (Fsp3) is 0.0625. The van der Waals surface area contributed by atoms with Gasteiger partial charge < -0.3 is 10.7 Å². The Balaban J connectivity index is 2.27. The Morgan fingerprint density at radius 3 is 2.36 bits per heavy atom. The monoisotopic (exact) mass is 368 g/mol. The molecule has 9 heteroatoms. The maximum atomic E-state index is 12.9. The van der Waals surface area contributed by atoms with Gasteiger partial charge >= 0.3 is 6.18 Å². The lowest BCUT2D eigenvalue weighted by Crippen LogP contribution is -2.16. The van der Waals surface area contributed by atoms with E-state index < -0.39 is 37.4 Å². The number of halogens is 3. The second-order valence-electron chi connectivity index (χ2n) is 5.27. The summed E-state index contributed by atoms with van der Waals surface area (Å²) in [6, 6.07) is 9.53. The molecule has 25 heavy (non-hydrogen) atoms. The summed E-state index contributed by atoms with van der Waals surface area (Å²) < 4.78 is 64.2. The van der Waals surface area contributed by atoms with Gasteiger partial charge in [-0.2, -0.15) is 13.2 Å². The van der Waals surface area contributed by atoms with E-state index in [-0.39, 0.29) is 10.9 Å². The molecule has 0 aliphatic rings. The summed E-state index contributed by atoms with van der Waals surface area (Å²) in [5.74, 6) is -0.997. The van der Waals surface area contributed by atoms with Crippen LogP contribution in [0.1, 0.15) is 15.9 Å². The van der Waals surface area contributed by atoms with Gasteiger partial charge in [-0.1, -0.05) is 24.3 Å². The zero-order valence-electron chi connectivity index (χ0n) is 12.5. The Hall–Kier alpha value is -2.81. The van der Waals surface area contributed by atoms with Gasteiger partial charge in [0.2, 0.25) is 9.84 Å². The van der Waals surface area contributed by atoms with E-state index in [0.717, 1.165) is 18.2 Å². The molecule has 0 fully saturated rings. The van der Waals surface area contributed by atoms with Crippen LogP contribution in [0.25, 0.3) is 10.9 Å². The van der Waals surface area contributed by atoms with Crippen LogP contribution in [0.2, 0.25) is 0 Å². The summed E-state index contributed by atoms with van der Waals surface area (Å²) >= 11 is 0. The predicted octanol–water partition coefficient (Wildman–Crippen LogP) is 3.12. The van der Waals surface area contributed by atoms with Crippen LogP contribution >= 0.6 is 0 Å².